The fraction of sp³-hybridized carbons (Fsp3) is 0.844. The second-order valence-corrected chi connectivity index (χ2v) is 15.3. The Morgan fingerprint density at radius 2 is 1.15 bits per heavy atom. The van der Waals surface area contributed by atoms with Gasteiger partial charge in [-0.25, -0.2) is 0 Å². The van der Waals surface area contributed by atoms with Crippen molar-refractivity contribution in [2.75, 3.05) is 6.61 Å². The van der Waals surface area contributed by atoms with Gasteiger partial charge in [0.25, 0.3) is 0 Å². The van der Waals surface area contributed by atoms with E-state index in [1.54, 1.807) is 0 Å². The van der Waals surface area contributed by atoms with E-state index in [0.29, 0.717) is 19.3 Å². The first-order valence-corrected chi connectivity index (χ1v) is 21.9. The Morgan fingerprint density at radius 3 is 1.75 bits per heavy atom. The van der Waals surface area contributed by atoms with Crippen molar-refractivity contribution in [2.24, 2.45) is 0 Å². The normalized spacial score (nSPS) is 22.0. The van der Waals surface area contributed by atoms with Crippen LogP contribution in [0.4, 0.5) is 0 Å². The first kappa shape index (κ1) is 49.5. The van der Waals surface area contributed by atoms with Crippen LogP contribution in [0.2, 0.25) is 0 Å². The molecule has 1 fully saturated rings. The molecule has 0 amide bonds. The second kappa shape index (κ2) is 34.9. The highest BCUT2D eigenvalue weighted by atomic mass is 16.7. The summed E-state index contributed by atoms with van der Waals surface area (Å²) >= 11 is 0. The van der Waals surface area contributed by atoms with Gasteiger partial charge in [0, 0.05) is 6.42 Å². The molecule has 0 saturated carbocycles. The molecule has 8 nitrogen and oxygen atoms in total. The molecule has 2 unspecified atom stereocenters. The monoisotopic (exact) mass is 751 g/mol. The number of hydrogen-bond donors (Lipinski definition) is 4. The predicted octanol–water partition coefficient (Wildman–Crippen LogP) is 10.3. The lowest BCUT2D eigenvalue weighted by Crippen LogP contribution is -2.59. The number of aliphatic hydroxyl groups excluding tert-OH is 4. The quantitative estimate of drug-likeness (QED) is 0.0287. The molecule has 1 rings (SSSR count). The van der Waals surface area contributed by atoms with Gasteiger partial charge < -0.3 is 34.6 Å². The highest BCUT2D eigenvalue weighted by Crippen LogP contribution is 2.26. The van der Waals surface area contributed by atoms with Crippen LogP contribution in [0.3, 0.4) is 0 Å². The second-order valence-electron chi connectivity index (χ2n) is 15.3. The van der Waals surface area contributed by atoms with Crippen molar-refractivity contribution in [1.82, 2.24) is 0 Å². The van der Waals surface area contributed by atoms with Crippen LogP contribution in [0.5, 0.6) is 0 Å². The fourth-order valence-electron chi connectivity index (χ4n) is 6.90. The van der Waals surface area contributed by atoms with Gasteiger partial charge in [0.2, 0.25) is 0 Å². The molecule has 0 aromatic carbocycles. The standard InChI is InChI=1S/C45H82O8/c1-4-6-8-10-12-14-16-18-19-21-23-25-27-29-31-36-41(47)51-38(3)33-32-35-39(52-45-44(50)43(49)42(48)40(37-46)53-45)34-30-28-26-24-22-20-17-15-13-11-9-7-5-2/h6,8,12,14,18-19,38-40,42-46,48-50H,4-5,7,9-11,13,15-17,20-37H2,1-3H3/b8-6-,14-12-,19-18-/t38?,39?,40-,42-,43+,44-,45-/m1/s1. The minimum Gasteiger partial charge on any atom is -0.463 e. The van der Waals surface area contributed by atoms with Crippen LogP contribution in [-0.2, 0) is 19.0 Å². The Bertz CT molecular complexity index is 918. The van der Waals surface area contributed by atoms with Crippen LogP contribution >= 0.6 is 0 Å². The largest absolute Gasteiger partial charge is 0.463 e. The van der Waals surface area contributed by atoms with E-state index in [2.05, 4.69) is 50.3 Å². The van der Waals surface area contributed by atoms with Crippen LogP contribution in [-0.4, -0.2) is 75.9 Å². The lowest BCUT2D eigenvalue weighted by Gasteiger charge is -2.41. The highest BCUT2D eigenvalue weighted by molar-refractivity contribution is 5.69. The average molecular weight is 751 g/mol. The number of carbonyl (C=O) groups excluding carboxylic acids is 1. The van der Waals surface area contributed by atoms with E-state index in [-0.39, 0.29) is 18.2 Å². The lowest BCUT2D eigenvalue weighted by molar-refractivity contribution is -0.312. The molecule has 0 aromatic heterocycles. The molecule has 0 bridgehead atoms. The molecular formula is C45H82O8. The Kier molecular flexibility index (Phi) is 32.6. The lowest BCUT2D eigenvalue weighted by atomic mass is 9.98. The van der Waals surface area contributed by atoms with Crippen LogP contribution in [0, 0.1) is 0 Å². The van der Waals surface area contributed by atoms with Crippen molar-refractivity contribution in [3.63, 3.8) is 0 Å². The molecule has 1 aliphatic heterocycles. The molecular weight excluding hydrogens is 668 g/mol. The van der Waals surface area contributed by atoms with Crippen molar-refractivity contribution in [1.29, 1.82) is 0 Å². The molecule has 310 valence electrons. The number of esters is 1. The number of unbranched alkanes of at least 4 members (excludes halogenated alkanes) is 17. The zero-order valence-corrected chi connectivity index (χ0v) is 34.2. The van der Waals surface area contributed by atoms with Crippen LogP contribution in [0.1, 0.15) is 194 Å². The van der Waals surface area contributed by atoms with E-state index in [1.807, 2.05) is 6.92 Å². The smallest absolute Gasteiger partial charge is 0.306 e. The molecule has 53 heavy (non-hydrogen) atoms. The van der Waals surface area contributed by atoms with E-state index >= 15 is 0 Å². The number of aliphatic hydroxyl groups is 4. The first-order valence-electron chi connectivity index (χ1n) is 21.9. The Balaban J connectivity index is 2.31. The van der Waals surface area contributed by atoms with Gasteiger partial charge in [0.15, 0.2) is 6.29 Å². The molecule has 1 aliphatic rings. The number of ether oxygens (including phenoxy) is 3. The number of allylic oxidation sites excluding steroid dienone is 6. The molecule has 0 radical (unpaired) electrons. The zero-order chi connectivity index (χ0) is 38.8. The topological polar surface area (TPSA) is 126 Å². The minimum atomic E-state index is -1.46. The predicted molar refractivity (Wildman–Crippen MR) is 218 cm³/mol. The Labute approximate surface area is 324 Å². The molecule has 4 N–H and O–H groups in total. The van der Waals surface area contributed by atoms with Crippen molar-refractivity contribution in [3.05, 3.63) is 36.5 Å². The van der Waals surface area contributed by atoms with E-state index in [1.165, 1.54) is 83.5 Å². The maximum atomic E-state index is 12.5. The summed E-state index contributed by atoms with van der Waals surface area (Å²) in [5, 5.41) is 40.6. The van der Waals surface area contributed by atoms with Crippen molar-refractivity contribution in [2.45, 2.75) is 237 Å². The summed E-state index contributed by atoms with van der Waals surface area (Å²) in [6.07, 6.45) is 36.1. The average Bonchev–Trinajstić information content (AvgIpc) is 3.15. The highest BCUT2D eigenvalue weighted by Gasteiger charge is 2.44. The Hall–Kier alpha value is -1.55. The molecule has 7 atom stereocenters. The molecule has 1 heterocycles. The van der Waals surface area contributed by atoms with E-state index in [0.717, 1.165) is 70.6 Å². The van der Waals surface area contributed by atoms with Gasteiger partial charge >= 0.3 is 5.97 Å². The summed E-state index contributed by atoms with van der Waals surface area (Å²) in [4.78, 5) is 12.5. The number of hydrogen-bond acceptors (Lipinski definition) is 8. The maximum absolute atomic E-state index is 12.5. The summed E-state index contributed by atoms with van der Waals surface area (Å²) in [7, 11) is 0. The summed E-state index contributed by atoms with van der Waals surface area (Å²) in [5.41, 5.74) is 0. The fourth-order valence-corrected chi connectivity index (χ4v) is 6.90. The maximum Gasteiger partial charge on any atom is 0.306 e. The molecule has 8 heteroatoms. The Morgan fingerprint density at radius 1 is 0.623 bits per heavy atom. The van der Waals surface area contributed by atoms with Gasteiger partial charge in [0.05, 0.1) is 18.8 Å². The van der Waals surface area contributed by atoms with Gasteiger partial charge in [-0.05, 0) is 71.1 Å². The van der Waals surface area contributed by atoms with E-state index < -0.39 is 37.3 Å². The minimum absolute atomic E-state index is 0.139. The summed E-state index contributed by atoms with van der Waals surface area (Å²) in [6, 6.07) is 0. The van der Waals surface area contributed by atoms with Crippen molar-refractivity contribution >= 4 is 5.97 Å². The molecule has 0 aromatic rings. The summed E-state index contributed by atoms with van der Waals surface area (Å²) in [5.74, 6) is -0.139. The van der Waals surface area contributed by atoms with Gasteiger partial charge in [-0.1, -0.05) is 153 Å². The summed E-state index contributed by atoms with van der Waals surface area (Å²) in [6.45, 7) is 5.86. The molecule has 0 aliphatic carbocycles. The molecule has 0 spiro atoms. The van der Waals surface area contributed by atoms with Crippen LogP contribution < -0.4 is 0 Å². The third kappa shape index (κ3) is 26.8. The van der Waals surface area contributed by atoms with Crippen LogP contribution in [0.25, 0.3) is 0 Å². The van der Waals surface area contributed by atoms with E-state index in [9.17, 15) is 25.2 Å². The van der Waals surface area contributed by atoms with Gasteiger partial charge in [-0.15, -0.1) is 0 Å². The van der Waals surface area contributed by atoms with E-state index in [4.69, 9.17) is 14.2 Å². The molecule has 1 saturated heterocycles. The number of carbonyl (C=O) groups is 1. The van der Waals surface area contributed by atoms with Crippen molar-refractivity contribution in [3.8, 4) is 0 Å². The number of rotatable bonds is 35. The zero-order valence-electron chi connectivity index (χ0n) is 34.2. The van der Waals surface area contributed by atoms with Gasteiger partial charge in [0.1, 0.15) is 24.4 Å². The third-order valence-corrected chi connectivity index (χ3v) is 10.3. The first-order chi connectivity index (χ1) is 25.8. The van der Waals surface area contributed by atoms with Gasteiger partial charge in [-0.2, -0.15) is 0 Å². The third-order valence-electron chi connectivity index (χ3n) is 10.3. The van der Waals surface area contributed by atoms with Crippen molar-refractivity contribution < 1.29 is 39.4 Å². The van der Waals surface area contributed by atoms with Gasteiger partial charge in [-0.3, -0.25) is 4.79 Å². The van der Waals surface area contributed by atoms with Crippen LogP contribution in [0.15, 0.2) is 36.5 Å². The SMILES string of the molecule is CC/C=C\C/C=C\C/C=C\CCCCCCCC(=O)OC(C)CCCC(CCCCCCCCCCCCCCC)O[C@@H]1O[C@H](CO)[C@@H](O)[C@H](O)[C@H]1O. The summed E-state index contributed by atoms with van der Waals surface area (Å²) < 4.78 is 17.6.